The Morgan fingerprint density at radius 2 is 1.22 bits per heavy atom. The number of benzene rings is 5. The molecule has 8 rings (SSSR count). The molecule has 17 nitrogen and oxygen atoms in total. The van der Waals surface area contributed by atoms with E-state index in [0.717, 1.165) is 51.6 Å². The minimum Gasteiger partial charge on any atom is -0.456 e. The fourth-order valence-electron chi connectivity index (χ4n) is 10.9. The predicted molar refractivity (Wildman–Crippen MR) is 326 cm³/mol. The third-order valence-corrected chi connectivity index (χ3v) is 19.7. The van der Waals surface area contributed by atoms with Crippen LogP contribution in [-0.4, -0.2) is 155 Å². The lowest BCUT2D eigenvalue weighted by molar-refractivity contribution is 0.0607. The molecule has 19 heteroatoms. The van der Waals surface area contributed by atoms with Crippen molar-refractivity contribution in [2.45, 2.75) is 74.7 Å². The van der Waals surface area contributed by atoms with Gasteiger partial charge >= 0.3 is 6.03 Å². The number of hydrogen-bond donors (Lipinski definition) is 1. The molecule has 1 fully saturated rings. The standard InChI is InChI=1S/C62H82N6O11S2/c1-9-64(10-2)47-30-32-51-55(44-47)79-56-45-48(65(11-3)35-22-41-78-81(76-15-7,77-16-8)43-23-36-68-60(70)53-28-19-24-46-25-20-29-54(57(46)53)61(68)71)31-33-52(56)58(51)49-26-17-18-27-50(49)59(69)66-37-39-67(40-38-66)62(72)63-34-21-42-80(73-12-4,74-13-5)75-14-6/h17-20,24-33,44-45H,9-16,21-23,34-43H2,1-8H3/p+1. The number of anilines is 1. The van der Waals surface area contributed by atoms with Crippen molar-refractivity contribution in [2.75, 3.05) is 121 Å². The summed E-state index contributed by atoms with van der Waals surface area (Å²) in [7, 11) is -4.61. The number of hydrogen-bond acceptors (Lipinski definition) is 12. The first-order chi connectivity index (χ1) is 39.4. The number of carbonyl (C=O) groups is 4. The number of imide groups is 1. The highest BCUT2D eigenvalue weighted by Crippen LogP contribution is 2.53. The van der Waals surface area contributed by atoms with Gasteiger partial charge in [0.2, 0.25) is 5.36 Å². The molecule has 5 amide bonds. The molecule has 0 atom stereocenters. The SMILES string of the molecule is CCOS(CCCNC(=O)N1CCN(C(=O)c2ccccc2-c2c3ccc(=[N+](CC)CCCOS(CCCN4C(=O)c5cccc6cccc(c56)C4=O)(OCC)OCC)cc-3oc3cc(N(CC)CC)ccc23)CC1)(OCC)OCC. The molecule has 0 aromatic heterocycles. The Bertz CT molecular complexity index is 3100. The maximum absolute atomic E-state index is 14.8. The molecule has 4 aliphatic rings. The van der Waals surface area contributed by atoms with Gasteiger partial charge in [0.05, 0.1) is 67.4 Å². The van der Waals surface area contributed by atoms with Crippen LogP contribution in [0, 0.1) is 0 Å². The summed E-state index contributed by atoms with van der Waals surface area (Å²) >= 11 is 0. The fraction of sp³-hybridized carbons (Fsp3) is 0.468. The van der Waals surface area contributed by atoms with Crippen LogP contribution in [0.2, 0.25) is 0 Å². The van der Waals surface area contributed by atoms with Crippen LogP contribution < -0.4 is 20.1 Å². The molecule has 4 aromatic rings. The van der Waals surface area contributed by atoms with Crippen molar-refractivity contribution >= 4 is 72.9 Å². The molecule has 0 spiro atoms. The largest absolute Gasteiger partial charge is 0.456 e. The molecule has 1 N–H and O–H groups in total. The molecule has 1 aliphatic carbocycles. The lowest BCUT2D eigenvalue weighted by Gasteiger charge is -2.37. The normalized spacial score (nSPS) is 14.8. The van der Waals surface area contributed by atoms with Crippen molar-refractivity contribution in [1.29, 1.82) is 0 Å². The van der Waals surface area contributed by atoms with Gasteiger partial charge in [0, 0.05) is 127 Å². The number of carbonyl (C=O) groups excluding carboxylic acids is 4. The van der Waals surface area contributed by atoms with E-state index in [-0.39, 0.29) is 30.3 Å². The van der Waals surface area contributed by atoms with Crippen molar-refractivity contribution in [3.63, 3.8) is 0 Å². The van der Waals surface area contributed by atoms with E-state index in [1.165, 1.54) is 4.90 Å². The van der Waals surface area contributed by atoms with Gasteiger partial charge in [-0.2, -0.15) is 0 Å². The first-order valence-electron chi connectivity index (χ1n) is 29.0. The molecule has 438 valence electrons. The lowest BCUT2D eigenvalue weighted by atomic mass is 9.90. The van der Waals surface area contributed by atoms with E-state index in [1.54, 1.807) is 17.0 Å². The Morgan fingerprint density at radius 1 is 0.630 bits per heavy atom. The van der Waals surface area contributed by atoms with Gasteiger partial charge in [-0.1, -0.05) is 42.5 Å². The van der Waals surface area contributed by atoms with Crippen LogP contribution >= 0.6 is 21.7 Å². The molecule has 0 radical (unpaired) electrons. The maximum Gasteiger partial charge on any atom is 0.317 e. The molecule has 4 aromatic carbocycles. The summed E-state index contributed by atoms with van der Waals surface area (Å²) in [5.74, 6) is 0.941. The monoisotopic (exact) mass is 1150 g/mol. The molecule has 0 bridgehead atoms. The number of nitrogens with zero attached hydrogens (tertiary/aromatic N) is 5. The molecule has 81 heavy (non-hydrogen) atoms. The molecule has 3 aliphatic heterocycles. The van der Waals surface area contributed by atoms with Crippen LogP contribution in [-0.2, 0) is 25.1 Å². The average Bonchev–Trinajstić information content (AvgIpc) is 3.42. The Morgan fingerprint density at radius 3 is 1.84 bits per heavy atom. The second-order valence-electron chi connectivity index (χ2n) is 19.6. The second kappa shape index (κ2) is 28.8. The van der Waals surface area contributed by atoms with Gasteiger partial charge in [-0.05, 0) is 116 Å². The summed E-state index contributed by atoms with van der Waals surface area (Å²) in [4.78, 5) is 62.7. The van der Waals surface area contributed by atoms with Crippen LogP contribution in [0.5, 0.6) is 0 Å². The molecule has 0 saturated carbocycles. The fourth-order valence-corrected chi connectivity index (χ4v) is 15.2. The molecule has 1 saturated heterocycles. The van der Waals surface area contributed by atoms with Crippen LogP contribution in [0.25, 0.3) is 44.2 Å². The molecule has 3 heterocycles. The minimum atomic E-state index is -2.47. The topological polar surface area (TPSA) is 165 Å². The van der Waals surface area contributed by atoms with E-state index in [2.05, 4.69) is 72.0 Å². The van der Waals surface area contributed by atoms with E-state index in [0.29, 0.717) is 150 Å². The smallest absolute Gasteiger partial charge is 0.317 e. The average molecular weight is 1150 g/mol. The molecule has 0 unspecified atom stereocenters. The zero-order valence-corrected chi connectivity index (χ0v) is 50.3. The highest BCUT2D eigenvalue weighted by Gasteiger charge is 2.35. The van der Waals surface area contributed by atoms with Gasteiger partial charge in [-0.15, -0.1) is 0 Å². The van der Waals surface area contributed by atoms with Crippen LogP contribution in [0.1, 0.15) is 106 Å². The van der Waals surface area contributed by atoms with E-state index in [1.807, 2.05) is 88.0 Å². The Kier molecular flexibility index (Phi) is 21.7. The summed E-state index contributed by atoms with van der Waals surface area (Å²) in [6, 6.07) is 31.4. The third kappa shape index (κ3) is 13.9. The number of urea groups is 1. The highest BCUT2D eigenvalue weighted by molar-refractivity contribution is 8.22. The summed E-state index contributed by atoms with van der Waals surface area (Å²) in [5, 5.41) is 6.50. The number of piperazine rings is 1. The van der Waals surface area contributed by atoms with Crippen molar-refractivity contribution in [3.05, 3.63) is 119 Å². The van der Waals surface area contributed by atoms with Crippen LogP contribution in [0.3, 0.4) is 0 Å². The summed E-state index contributed by atoms with van der Waals surface area (Å²) in [6.07, 6.45) is 1.74. The Labute approximate surface area is 481 Å². The lowest BCUT2D eigenvalue weighted by Crippen LogP contribution is -2.53. The zero-order valence-electron chi connectivity index (χ0n) is 48.6. The first-order valence-corrected chi connectivity index (χ1v) is 32.2. The van der Waals surface area contributed by atoms with Crippen molar-refractivity contribution in [2.24, 2.45) is 0 Å². The number of fused-ring (bicyclic) bond motifs is 2. The van der Waals surface area contributed by atoms with Gasteiger partial charge in [0.1, 0.15) is 24.4 Å². The quantitative estimate of drug-likeness (QED) is 0.0205. The van der Waals surface area contributed by atoms with E-state index >= 15 is 0 Å². The number of nitrogens with one attached hydrogen (secondary N) is 1. The van der Waals surface area contributed by atoms with Crippen LogP contribution in [0.15, 0.2) is 101 Å². The Hall–Kier alpha value is -6.03. The van der Waals surface area contributed by atoms with E-state index in [9.17, 15) is 19.2 Å². The maximum atomic E-state index is 14.8. The van der Waals surface area contributed by atoms with Gasteiger partial charge in [-0.3, -0.25) is 44.4 Å². The number of amides is 5. The van der Waals surface area contributed by atoms with Crippen LogP contribution in [0.4, 0.5) is 10.5 Å². The van der Waals surface area contributed by atoms with E-state index in [4.69, 9.17) is 29.5 Å². The second-order valence-corrected chi connectivity index (χ2v) is 24.0. The Balaban J connectivity index is 0.985. The summed E-state index contributed by atoms with van der Waals surface area (Å²) in [6.45, 7) is 23.8. The summed E-state index contributed by atoms with van der Waals surface area (Å²) in [5.41, 5.74) is 5.99. The first kappa shape index (κ1) is 61.1. The minimum absolute atomic E-state index is 0.0958. The zero-order chi connectivity index (χ0) is 57.5. The van der Waals surface area contributed by atoms with Gasteiger partial charge in [0.25, 0.3) is 17.7 Å². The number of rotatable bonds is 29. The highest BCUT2D eigenvalue weighted by atomic mass is 32.3. The third-order valence-electron chi connectivity index (χ3n) is 14.6. The van der Waals surface area contributed by atoms with Crippen molar-refractivity contribution in [1.82, 2.24) is 24.6 Å². The van der Waals surface area contributed by atoms with Gasteiger partial charge in [-0.25, -0.2) is 9.37 Å². The van der Waals surface area contributed by atoms with Crippen molar-refractivity contribution < 1.29 is 48.7 Å². The van der Waals surface area contributed by atoms with E-state index < -0.39 is 21.7 Å². The summed E-state index contributed by atoms with van der Waals surface area (Å²) < 4.78 is 46.2. The molecular formula is C62H83N6O11S2+. The van der Waals surface area contributed by atoms with Gasteiger partial charge in [0.15, 0.2) is 0 Å². The predicted octanol–water partition coefficient (Wildman–Crippen LogP) is 11.2. The van der Waals surface area contributed by atoms with Gasteiger partial charge < -0.3 is 24.4 Å². The van der Waals surface area contributed by atoms with Crippen molar-refractivity contribution in [3.8, 4) is 22.5 Å². The molecular weight excluding hydrogens is 1070 g/mol.